The van der Waals surface area contributed by atoms with E-state index < -0.39 is 0 Å². The van der Waals surface area contributed by atoms with Gasteiger partial charge in [0.1, 0.15) is 12.4 Å². The fraction of sp³-hybridized carbons (Fsp3) is 0.625. The molecule has 0 unspecified atom stereocenters. The molecule has 0 saturated heterocycles. The van der Waals surface area contributed by atoms with Crippen LogP contribution in [-0.2, 0) is 6.54 Å². The maximum Gasteiger partial charge on any atom is 0.119 e. The van der Waals surface area contributed by atoms with E-state index in [9.17, 15) is 0 Å². The summed E-state index contributed by atoms with van der Waals surface area (Å²) in [4.78, 5) is 2.39. The molecule has 0 saturated carbocycles. The van der Waals surface area contributed by atoms with Gasteiger partial charge in [-0.15, -0.1) is 0 Å². The standard InChI is InChI=1S/C16H28N2O/c1-5-15(6-2)18(4)10-11-19-16-9-7-8-14(12-16)13-17-3/h7-9,12,15,17H,5-6,10-11,13H2,1-4H3. The van der Waals surface area contributed by atoms with Crippen molar-refractivity contribution in [1.82, 2.24) is 10.2 Å². The van der Waals surface area contributed by atoms with E-state index in [1.165, 1.54) is 18.4 Å². The Balaban J connectivity index is 2.38. The van der Waals surface area contributed by atoms with Gasteiger partial charge in [0, 0.05) is 19.1 Å². The highest BCUT2D eigenvalue weighted by Gasteiger charge is 2.09. The number of rotatable bonds is 9. The molecule has 0 amide bonds. The van der Waals surface area contributed by atoms with Crippen molar-refractivity contribution in [3.8, 4) is 5.75 Å². The third kappa shape index (κ3) is 5.62. The van der Waals surface area contributed by atoms with E-state index in [0.29, 0.717) is 6.04 Å². The van der Waals surface area contributed by atoms with Crippen molar-refractivity contribution in [2.45, 2.75) is 39.3 Å². The van der Waals surface area contributed by atoms with E-state index in [-0.39, 0.29) is 0 Å². The summed E-state index contributed by atoms with van der Waals surface area (Å²) in [6.45, 7) is 7.09. The second kappa shape index (κ2) is 8.94. The third-order valence-electron chi connectivity index (χ3n) is 3.56. The molecule has 0 aromatic heterocycles. The summed E-state index contributed by atoms with van der Waals surface area (Å²) in [5.74, 6) is 0.964. The lowest BCUT2D eigenvalue weighted by Gasteiger charge is -2.25. The van der Waals surface area contributed by atoms with Gasteiger partial charge in [0.25, 0.3) is 0 Å². The summed E-state index contributed by atoms with van der Waals surface area (Å²) >= 11 is 0. The predicted molar refractivity (Wildman–Crippen MR) is 81.7 cm³/mol. The highest BCUT2D eigenvalue weighted by atomic mass is 16.5. The molecule has 0 heterocycles. The van der Waals surface area contributed by atoms with Crippen LogP contribution in [-0.4, -0.2) is 38.2 Å². The average Bonchev–Trinajstić information content (AvgIpc) is 2.41. The van der Waals surface area contributed by atoms with Crippen LogP contribution in [0.3, 0.4) is 0 Å². The Kier molecular flexibility index (Phi) is 7.53. The van der Waals surface area contributed by atoms with Gasteiger partial charge in [0.2, 0.25) is 0 Å². The Hall–Kier alpha value is -1.06. The summed E-state index contributed by atoms with van der Waals surface area (Å²) in [7, 11) is 4.14. The molecule has 0 aliphatic rings. The molecule has 1 rings (SSSR count). The topological polar surface area (TPSA) is 24.5 Å². The van der Waals surface area contributed by atoms with E-state index in [2.05, 4.69) is 43.2 Å². The fourth-order valence-corrected chi connectivity index (χ4v) is 2.35. The Morgan fingerprint density at radius 3 is 2.63 bits per heavy atom. The zero-order valence-electron chi connectivity index (χ0n) is 12.8. The highest BCUT2D eigenvalue weighted by Crippen LogP contribution is 2.13. The smallest absolute Gasteiger partial charge is 0.119 e. The second-order valence-corrected chi connectivity index (χ2v) is 4.98. The molecule has 108 valence electrons. The SMILES string of the molecule is CCC(CC)N(C)CCOc1cccc(CNC)c1. The lowest BCUT2D eigenvalue weighted by Crippen LogP contribution is -2.34. The van der Waals surface area contributed by atoms with Crippen LogP contribution in [0.15, 0.2) is 24.3 Å². The van der Waals surface area contributed by atoms with Gasteiger partial charge in [-0.25, -0.2) is 0 Å². The molecule has 0 aliphatic carbocycles. The molecule has 0 spiro atoms. The number of likely N-dealkylation sites (N-methyl/N-ethyl adjacent to an activating group) is 1. The predicted octanol–water partition coefficient (Wildman–Crippen LogP) is 2.91. The molecule has 3 heteroatoms. The molecule has 1 aromatic rings. The molecular formula is C16H28N2O. The Morgan fingerprint density at radius 1 is 1.26 bits per heavy atom. The number of ether oxygens (including phenoxy) is 1. The largest absolute Gasteiger partial charge is 0.492 e. The van der Waals surface area contributed by atoms with Gasteiger partial charge < -0.3 is 15.0 Å². The summed E-state index contributed by atoms with van der Waals surface area (Å²) in [5, 5.41) is 3.15. The maximum atomic E-state index is 5.83. The second-order valence-electron chi connectivity index (χ2n) is 4.98. The first-order chi connectivity index (χ1) is 9.21. The minimum atomic E-state index is 0.666. The maximum absolute atomic E-state index is 5.83. The number of nitrogens with zero attached hydrogens (tertiary/aromatic N) is 1. The van der Waals surface area contributed by atoms with Crippen molar-refractivity contribution in [3.05, 3.63) is 29.8 Å². The van der Waals surface area contributed by atoms with Crippen LogP contribution in [0.5, 0.6) is 5.75 Å². The van der Waals surface area contributed by atoms with Gasteiger partial charge in [-0.2, -0.15) is 0 Å². The summed E-state index contributed by atoms with van der Waals surface area (Å²) < 4.78 is 5.83. The van der Waals surface area contributed by atoms with Gasteiger partial charge in [-0.1, -0.05) is 26.0 Å². The van der Waals surface area contributed by atoms with E-state index >= 15 is 0 Å². The summed E-state index contributed by atoms with van der Waals surface area (Å²) in [6, 6.07) is 8.95. The monoisotopic (exact) mass is 264 g/mol. The molecule has 1 aromatic carbocycles. The average molecular weight is 264 g/mol. The number of nitrogens with one attached hydrogen (secondary N) is 1. The first-order valence-corrected chi connectivity index (χ1v) is 7.27. The van der Waals surface area contributed by atoms with E-state index in [0.717, 1.165) is 25.4 Å². The van der Waals surface area contributed by atoms with E-state index in [1.54, 1.807) is 0 Å². The van der Waals surface area contributed by atoms with E-state index in [4.69, 9.17) is 4.74 Å². The highest BCUT2D eigenvalue weighted by molar-refractivity contribution is 5.28. The summed E-state index contributed by atoms with van der Waals surface area (Å²) in [5.41, 5.74) is 1.26. The minimum Gasteiger partial charge on any atom is -0.492 e. The molecule has 19 heavy (non-hydrogen) atoms. The third-order valence-corrected chi connectivity index (χ3v) is 3.56. The molecule has 0 radical (unpaired) electrons. The molecular weight excluding hydrogens is 236 g/mol. The molecule has 0 fully saturated rings. The van der Waals surface area contributed by atoms with Crippen molar-refractivity contribution in [3.63, 3.8) is 0 Å². The van der Waals surface area contributed by atoms with Gasteiger partial charge in [-0.3, -0.25) is 0 Å². The molecule has 3 nitrogen and oxygen atoms in total. The first-order valence-electron chi connectivity index (χ1n) is 7.27. The van der Waals surface area contributed by atoms with Crippen molar-refractivity contribution in [2.24, 2.45) is 0 Å². The van der Waals surface area contributed by atoms with Gasteiger partial charge in [0.15, 0.2) is 0 Å². The first kappa shape index (κ1) is 16.0. The molecule has 0 aliphatic heterocycles. The number of hydrogen-bond donors (Lipinski definition) is 1. The normalized spacial score (nSPS) is 11.3. The van der Waals surface area contributed by atoms with Crippen LogP contribution in [0.2, 0.25) is 0 Å². The van der Waals surface area contributed by atoms with Crippen LogP contribution < -0.4 is 10.1 Å². The van der Waals surface area contributed by atoms with Crippen molar-refractivity contribution in [1.29, 1.82) is 0 Å². The molecule has 1 N–H and O–H groups in total. The number of hydrogen-bond acceptors (Lipinski definition) is 3. The Bertz CT molecular complexity index is 350. The van der Waals surface area contributed by atoms with Gasteiger partial charge in [0.05, 0.1) is 0 Å². The van der Waals surface area contributed by atoms with Crippen LogP contribution in [0.25, 0.3) is 0 Å². The van der Waals surface area contributed by atoms with Crippen LogP contribution in [0.1, 0.15) is 32.3 Å². The van der Waals surface area contributed by atoms with E-state index in [1.807, 2.05) is 19.2 Å². The lowest BCUT2D eigenvalue weighted by atomic mass is 10.1. The van der Waals surface area contributed by atoms with Crippen LogP contribution >= 0.6 is 0 Å². The Labute approximate surface area is 118 Å². The lowest BCUT2D eigenvalue weighted by molar-refractivity contribution is 0.183. The van der Waals surface area contributed by atoms with Crippen LogP contribution in [0.4, 0.5) is 0 Å². The molecule has 0 bridgehead atoms. The Morgan fingerprint density at radius 2 is 2.00 bits per heavy atom. The fourth-order valence-electron chi connectivity index (χ4n) is 2.35. The zero-order valence-corrected chi connectivity index (χ0v) is 12.8. The van der Waals surface area contributed by atoms with Crippen molar-refractivity contribution in [2.75, 3.05) is 27.2 Å². The quantitative estimate of drug-likeness (QED) is 0.742. The minimum absolute atomic E-state index is 0.666. The number of benzene rings is 1. The molecule has 0 atom stereocenters. The van der Waals surface area contributed by atoms with Crippen molar-refractivity contribution < 1.29 is 4.74 Å². The van der Waals surface area contributed by atoms with Crippen molar-refractivity contribution >= 4 is 0 Å². The van der Waals surface area contributed by atoms with Crippen LogP contribution in [0, 0.1) is 0 Å². The summed E-state index contributed by atoms with van der Waals surface area (Å²) in [6.07, 6.45) is 2.40. The zero-order chi connectivity index (χ0) is 14.1. The van der Waals surface area contributed by atoms with Gasteiger partial charge in [-0.05, 0) is 44.6 Å². The van der Waals surface area contributed by atoms with Gasteiger partial charge >= 0.3 is 0 Å².